The Morgan fingerprint density at radius 1 is 0.519 bits per heavy atom. The van der Waals surface area contributed by atoms with E-state index < -0.39 is 260 Å². The van der Waals surface area contributed by atoms with Crippen LogP contribution >= 0.6 is 23.2 Å². The number of phenolic OH excluding ortho intramolecular Hbond substituents is 4. The number of carbonyl (C=O) groups excluding carboxylic acids is 8. The van der Waals surface area contributed by atoms with Gasteiger partial charge in [0.1, 0.15) is 137 Å². The number of benzene rings is 7. The van der Waals surface area contributed by atoms with E-state index in [-0.39, 0.29) is 59.9 Å². The molecule has 0 radical (unpaired) electrons. The summed E-state index contributed by atoms with van der Waals surface area (Å²) < 4.78 is 45.1. The van der Waals surface area contributed by atoms with Crippen LogP contribution in [0.3, 0.4) is 0 Å². The summed E-state index contributed by atoms with van der Waals surface area (Å²) in [6, 6.07) is 6.55. The highest BCUT2D eigenvalue weighted by molar-refractivity contribution is 6.33. The van der Waals surface area contributed by atoms with Crippen molar-refractivity contribution >= 4 is 70.5 Å². The molecule has 7 aromatic carbocycles. The van der Waals surface area contributed by atoms with Crippen LogP contribution in [0.25, 0.3) is 11.1 Å². The maximum absolute atomic E-state index is 16.9. The molecule has 17 bridgehead atoms. The first-order valence-electron chi connectivity index (χ1n) is 44.1. The smallest absolute Gasteiger partial charge is 0.248 e. The highest BCUT2D eigenvalue weighted by Gasteiger charge is 2.50. The molecule has 133 heavy (non-hydrogen) atoms. The molecule has 716 valence electrons. The number of ether oxygens (including phenoxy) is 7. The molecular formula is C92H112Cl2N12O27. The van der Waals surface area contributed by atoms with Gasteiger partial charge in [0.2, 0.25) is 65.6 Å². The predicted octanol–water partition coefficient (Wildman–Crippen LogP) is 3.43. The van der Waals surface area contributed by atoms with Crippen LogP contribution in [0.15, 0.2) is 115 Å². The number of halogens is 2. The van der Waals surface area contributed by atoms with Crippen molar-refractivity contribution in [1.29, 1.82) is 0 Å². The number of aliphatic hydroxyl groups is 8. The molecule has 8 heterocycles. The molecule has 41 heteroatoms. The quantitative estimate of drug-likeness (QED) is 0.0299. The lowest BCUT2D eigenvalue weighted by Crippen LogP contribution is -2.65. The number of fused-ring (bicyclic) bond motifs is 14. The first kappa shape index (κ1) is 99.0. The Hall–Kier alpha value is -11.5. The van der Waals surface area contributed by atoms with Crippen molar-refractivity contribution in [3.63, 3.8) is 0 Å². The van der Waals surface area contributed by atoms with E-state index in [9.17, 15) is 70.9 Å². The van der Waals surface area contributed by atoms with E-state index in [4.69, 9.17) is 62.1 Å². The summed E-state index contributed by atoms with van der Waals surface area (Å²) in [7, 11) is 1.44. The van der Waals surface area contributed by atoms with Crippen LogP contribution in [0.4, 0.5) is 0 Å². The number of unbranched alkanes of at least 4 members (excludes halogenated alkanes) is 5. The molecule has 2 fully saturated rings. The standard InChI is InChI=1S/C92H112Cl2N12O27/c1-43(2)13-8-6-4-5-7-9-14-67(113)101-76-80(117)78(115)65(41-107)131-91(76)133-83-63-35-48-36-64(83)129-60-24-19-47(33-55(60)93)77(114)75-90(126)105-73(85(121)99-30-12-29-98-28-11-27-97-26-10-25-95)53-37-49(109)38-62(130-92-82(119)81(118)79(116)66(42-108)132-92)68(53)52-32-45(17-22-57(52)110)71(87(123)106-75)102-88(124)72(48)103-89(125)74-54-39-51(40-59(112)69(54)94)128-61-34-46(18-23-58(61)111)70(96-3)86(122)100-56(84(120)104-74)31-44-15-20-50(127-63)21-16-44/h15-24,32-40,43,56,65-66,70-82,91-92,96-98,107-112,114-119H,4-14,25-31,41-42,95H2,1-3H3,(H,99,121)(H,100,122)(H,101,113)(H,102,124)(H,103,125)(H,104,120)(H,105,126)(H,106,123)/t56-,65-,66-,70-,71-,72-,73-,74+,75+,76-,77-,78-,79-,80-,81+,82+,91+,92+/m1/s1. The minimum absolute atomic E-state index is 0.0789. The van der Waals surface area contributed by atoms with Gasteiger partial charge < -0.3 is 159 Å². The zero-order valence-corrected chi connectivity index (χ0v) is 74.4. The minimum Gasteiger partial charge on any atom is -0.508 e. The number of hydrogen-bond acceptors (Lipinski definition) is 31. The van der Waals surface area contributed by atoms with Gasteiger partial charge in [-0.3, -0.25) is 38.4 Å². The third kappa shape index (κ3) is 23.7. The Bertz CT molecular complexity index is 5350. The number of hydrogen-bond donors (Lipinski definition) is 24. The highest BCUT2D eigenvalue weighted by Crippen LogP contribution is 2.51. The molecule has 25 N–H and O–H groups in total. The van der Waals surface area contributed by atoms with E-state index in [2.05, 4.69) is 72.3 Å². The van der Waals surface area contributed by atoms with E-state index in [0.717, 1.165) is 112 Å². The third-order valence-corrected chi connectivity index (χ3v) is 24.5. The summed E-state index contributed by atoms with van der Waals surface area (Å²) in [5.41, 5.74) is 3.16. The Morgan fingerprint density at radius 2 is 1.13 bits per heavy atom. The zero-order chi connectivity index (χ0) is 95.2. The van der Waals surface area contributed by atoms with Crippen LogP contribution in [0.1, 0.15) is 160 Å². The van der Waals surface area contributed by atoms with Crippen molar-refractivity contribution in [3.05, 3.63) is 164 Å². The van der Waals surface area contributed by atoms with Crippen molar-refractivity contribution in [1.82, 2.24) is 58.5 Å². The van der Waals surface area contributed by atoms with E-state index in [1.807, 2.05) is 0 Å². The number of phenols is 4. The van der Waals surface area contributed by atoms with E-state index in [1.165, 1.54) is 61.6 Å². The summed E-state index contributed by atoms with van der Waals surface area (Å²) in [5.74, 6) is -14.9. The molecule has 0 aromatic heterocycles. The number of nitrogens with two attached hydrogens (primary N) is 1. The van der Waals surface area contributed by atoms with Crippen LogP contribution in [-0.2, 0) is 54.3 Å². The molecule has 18 atom stereocenters. The third-order valence-electron chi connectivity index (χ3n) is 23.8. The van der Waals surface area contributed by atoms with Gasteiger partial charge in [0.05, 0.1) is 23.3 Å². The lowest BCUT2D eigenvalue weighted by atomic mass is 9.89. The number of nitrogens with one attached hydrogen (secondary N) is 11. The first-order valence-corrected chi connectivity index (χ1v) is 44.9. The second-order valence-electron chi connectivity index (χ2n) is 33.9. The maximum atomic E-state index is 16.9. The van der Waals surface area contributed by atoms with Gasteiger partial charge in [0, 0.05) is 48.2 Å². The van der Waals surface area contributed by atoms with Crippen LogP contribution in [0.2, 0.25) is 10.0 Å². The van der Waals surface area contributed by atoms with Gasteiger partial charge in [-0.25, -0.2) is 0 Å². The van der Waals surface area contributed by atoms with Crippen LogP contribution in [0, 0.1) is 5.92 Å². The van der Waals surface area contributed by atoms with Gasteiger partial charge in [0.25, 0.3) is 0 Å². The van der Waals surface area contributed by atoms with Gasteiger partial charge in [-0.1, -0.05) is 106 Å². The molecule has 0 spiro atoms. The van der Waals surface area contributed by atoms with Crippen molar-refractivity contribution in [3.8, 4) is 80.1 Å². The Morgan fingerprint density at radius 3 is 1.82 bits per heavy atom. The molecule has 39 nitrogen and oxygen atoms in total. The summed E-state index contributed by atoms with van der Waals surface area (Å²) in [5, 5.41) is 169. The summed E-state index contributed by atoms with van der Waals surface area (Å²) in [6.07, 6.45) is -12.5. The molecule has 15 rings (SSSR count). The Balaban J connectivity index is 1.01. The average Bonchev–Trinajstić information content (AvgIpc) is 0.746. The van der Waals surface area contributed by atoms with Gasteiger partial charge in [-0.15, -0.1) is 0 Å². The second kappa shape index (κ2) is 45.0. The molecule has 8 aliphatic heterocycles. The van der Waals surface area contributed by atoms with Crippen molar-refractivity contribution in [2.75, 3.05) is 59.5 Å². The zero-order valence-electron chi connectivity index (χ0n) is 72.9. The molecule has 0 aliphatic carbocycles. The van der Waals surface area contributed by atoms with Crippen molar-refractivity contribution in [2.24, 2.45) is 11.7 Å². The number of aromatic hydroxyl groups is 4. The average molecular weight is 1890 g/mol. The summed E-state index contributed by atoms with van der Waals surface area (Å²) >= 11 is 14.4. The lowest BCUT2D eigenvalue weighted by molar-refractivity contribution is -0.277. The van der Waals surface area contributed by atoms with Crippen LogP contribution in [0.5, 0.6) is 69.0 Å². The molecule has 2 saturated heterocycles. The fourth-order valence-electron chi connectivity index (χ4n) is 16.6. The first-order chi connectivity index (χ1) is 63.8. The fourth-order valence-corrected chi connectivity index (χ4v) is 17.0. The van der Waals surface area contributed by atoms with Crippen molar-refractivity contribution in [2.45, 2.75) is 201 Å². The van der Waals surface area contributed by atoms with Gasteiger partial charge in [0.15, 0.2) is 23.0 Å². The summed E-state index contributed by atoms with van der Waals surface area (Å²) in [4.78, 5) is 126. The number of aliphatic hydroxyl groups excluding tert-OH is 8. The van der Waals surface area contributed by atoms with Crippen molar-refractivity contribution < 1.29 is 133 Å². The Kier molecular flexibility index (Phi) is 33.5. The SMILES string of the molecule is CN[C@H]1C(=O)N[C@@H]2Cc3ccc(cc3)Oc3cc4cc(c3O[C@@H]3O[C@H](CO)[C@@H](O)[C@H](O)[C@H]3NC(=O)CCCCCCCCC(C)C)Oc3ccc(cc3Cl)[C@@H](O)[C@@H]3NC(=O)[C@H](NC(=O)[C@@H]4NC(=O)[C@@H](NC2=O)c2cc(cc(O)c2Cl)Oc2cc1ccc2O)c1ccc(O)c(c1)-c1c(O[C@H]2O[C@H](CO)[C@@H](O)[C@H](O)[C@@H]2O)cc(O)cc1[C@H](C(=O)NCCCNCCCNCCCN)NC3=O. The normalized spacial score (nSPS) is 25.3. The summed E-state index contributed by atoms with van der Waals surface area (Å²) in [6.45, 7) is 5.12. The number of likely N-dealkylation sites (N-methyl/N-ethyl adjacent to an activating group) is 1. The fraction of sp³-hybridized carbons (Fsp3) is 0.457. The van der Waals surface area contributed by atoms with Crippen LogP contribution in [-0.4, -0.2) is 241 Å². The van der Waals surface area contributed by atoms with Gasteiger partial charge >= 0.3 is 0 Å². The molecular weight excluding hydrogens is 1780 g/mol. The predicted molar refractivity (Wildman–Crippen MR) is 477 cm³/mol. The Labute approximate surface area is 774 Å². The number of carbonyl (C=O) groups is 8. The molecule has 7 aromatic rings. The monoisotopic (exact) mass is 1890 g/mol. The topological polar surface area (TPSA) is 602 Å². The van der Waals surface area contributed by atoms with E-state index in [1.54, 1.807) is 0 Å². The molecule has 8 aliphatic rings. The maximum Gasteiger partial charge on any atom is 0.248 e. The van der Waals surface area contributed by atoms with E-state index in [0.29, 0.717) is 50.5 Å². The van der Waals surface area contributed by atoms with Gasteiger partial charge in [-0.05, 0) is 178 Å². The molecule has 8 amide bonds. The second-order valence-corrected chi connectivity index (χ2v) is 34.6. The molecule has 0 unspecified atom stereocenters. The number of amides is 8. The highest BCUT2D eigenvalue weighted by atomic mass is 35.5. The lowest BCUT2D eigenvalue weighted by Gasteiger charge is -2.42. The largest absolute Gasteiger partial charge is 0.508 e. The number of rotatable bonds is 29. The van der Waals surface area contributed by atoms with Crippen LogP contribution < -0.4 is 87.9 Å². The molecule has 0 saturated carbocycles. The minimum atomic E-state index is -2.41. The van der Waals surface area contributed by atoms with E-state index >= 15 is 28.8 Å². The van der Waals surface area contributed by atoms with Gasteiger partial charge in [-0.2, -0.15) is 0 Å².